The zero-order valence-corrected chi connectivity index (χ0v) is 18.4. The van der Waals surface area contributed by atoms with Gasteiger partial charge >= 0.3 is 0 Å². The van der Waals surface area contributed by atoms with Gasteiger partial charge in [0.15, 0.2) is 11.7 Å². The first-order valence-electron chi connectivity index (χ1n) is 9.37. The fraction of sp³-hybridized carbons (Fsp3) is 0.316. The molecule has 1 aliphatic rings. The van der Waals surface area contributed by atoms with E-state index in [-0.39, 0.29) is 22.5 Å². The molecule has 0 fully saturated rings. The lowest BCUT2D eigenvalue weighted by Gasteiger charge is -2.29. The fourth-order valence-corrected chi connectivity index (χ4v) is 5.73. The van der Waals surface area contributed by atoms with E-state index in [0.29, 0.717) is 35.1 Å². The summed E-state index contributed by atoms with van der Waals surface area (Å²) in [4.78, 5) is 18.5. The number of carbonyl (C=O) groups is 1. The number of fused-ring (bicyclic) bond motifs is 1. The van der Waals surface area contributed by atoms with Gasteiger partial charge in [0.2, 0.25) is 0 Å². The highest BCUT2D eigenvalue weighted by Gasteiger charge is 2.26. The van der Waals surface area contributed by atoms with Gasteiger partial charge in [0.05, 0.1) is 22.8 Å². The Labute approximate surface area is 178 Å². The Morgan fingerprint density at radius 2 is 2.13 bits per heavy atom. The number of ether oxygens (including phenoxy) is 1. The Balaban J connectivity index is 1.63. The summed E-state index contributed by atoms with van der Waals surface area (Å²) < 4.78 is 33.5. The van der Waals surface area contributed by atoms with E-state index in [1.807, 2.05) is 19.1 Å². The van der Waals surface area contributed by atoms with Gasteiger partial charge in [0, 0.05) is 17.5 Å². The van der Waals surface area contributed by atoms with Gasteiger partial charge in [-0.3, -0.25) is 14.6 Å². The van der Waals surface area contributed by atoms with E-state index in [0.717, 1.165) is 12.0 Å². The van der Waals surface area contributed by atoms with Gasteiger partial charge in [-0.25, -0.2) is 13.4 Å². The highest BCUT2D eigenvalue weighted by molar-refractivity contribution is 7.93. The average molecular weight is 448 g/mol. The zero-order chi connectivity index (χ0) is 21.5. The monoisotopic (exact) mass is 447 g/mol. The van der Waals surface area contributed by atoms with Crippen LogP contribution in [0.3, 0.4) is 0 Å². The quantitative estimate of drug-likeness (QED) is 0.600. The summed E-state index contributed by atoms with van der Waals surface area (Å²) in [5, 5.41) is 8.64. The number of benzene rings is 1. The second-order valence-corrected chi connectivity index (χ2v) is 9.40. The smallest absolute Gasteiger partial charge is 0.267 e. The minimum atomic E-state index is -3.81. The van der Waals surface area contributed by atoms with Gasteiger partial charge in [-0.15, -0.1) is 11.3 Å². The third kappa shape index (κ3) is 3.65. The molecule has 0 saturated carbocycles. The van der Waals surface area contributed by atoms with Crippen molar-refractivity contribution in [3.63, 3.8) is 0 Å². The number of hydrogen-bond donors (Lipinski definition) is 2. The van der Waals surface area contributed by atoms with E-state index in [2.05, 4.69) is 19.9 Å². The number of nitrogens with zero attached hydrogens (tertiary/aromatic N) is 3. The summed E-state index contributed by atoms with van der Waals surface area (Å²) in [6.45, 7) is 5.92. The van der Waals surface area contributed by atoms with Gasteiger partial charge in [0.1, 0.15) is 10.6 Å². The van der Waals surface area contributed by atoms with Gasteiger partial charge in [-0.2, -0.15) is 5.10 Å². The van der Waals surface area contributed by atoms with Crippen LogP contribution in [0, 0.1) is 13.8 Å². The molecule has 30 heavy (non-hydrogen) atoms. The Bertz CT molecular complexity index is 1200. The largest absolute Gasteiger partial charge is 0.482 e. The molecule has 1 aromatic carbocycles. The van der Waals surface area contributed by atoms with Crippen LogP contribution in [0.2, 0.25) is 0 Å². The highest BCUT2D eigenvalue weighted by atomic mass is 32.2. The molecule has 0 bridgehead atoms. The summed E-state index contributed by atoms with van der Waals surface area (Å²) in [6, 6.07) is 5.50. The highest BCUT2D eigenvalue weighted by Crippen LogP contribution is 2.37. The average Bonchev–Trinajstić information content (AvgIpc) is 3.29. The molecule has 9 nitrogen and oxygen atoms in total. The Hall–Kier alpha value is -2.92. The van der Waals surface area contributed by atoms with Gasteiger partial charge in [0.25, 0.3) is 15.9 Å². The van der Waals surface area contributed by atoms with E-state index in [4.69, 9.17) is 4.74 Å². The van der Waals surface area contributed by atoms with E-state index in [1.165, 1.54) is 11.3 Å². The summed E-state index contributed by atoms with van der Waals surface area (Å²) >= 11 is 1.19. The standard InChI is InChI=1S/C19H21N5O4S2/c1-4-7-24-15-8-13(5-6-16(15)28-9-17(24)25)14-10-29-19(20-14)23-30(26,27)18-11(2)21-22-12(18)3/h5-6,8,10H,4,7,9H2,1-3H3,(H,20,23)(H,21,22). The van der Waals surface area contributed by atoms with Crippen LogP contribution < -0.4 is 14.4 Å². The normalized spacial score (nSPS) is 13.8. The van der Waals surface area contributed by atoms with Crippen LogP contribution >= 0.6 is 11.3 Å². The SMILES string of the molecule is CCCN1C(=O)COc2ccc(-c3csc(NS(=O)(=O)c4c(C)n[nH]c4C)n3)cc21. The Morgan fingerprint density at radius 3 is 2.83 bits per heavy atom. The van der Waals surface area contributed by atoms with Crippen molar-refractivity contribution in [3.8, 4) is 17.0 Å². The summed E-state index contributed by atoms with van der Waals surface area (Å²) in [5.74, 6) is 0.563. The van der Waals surface area contributed by atoms with Crippen molar-refractivity contribution >= 4 is 38.1 Å². The van der Waals surface area contributed by atoms with Crippen molar-refractivity contribution in [2.45, 2.75) is 32.1 Å². The molecule has 1 aliphatic heterocycles. The number of rotatable bonds is 6. The maximum absolute atomic E-state index is 12.7. The molecule has 4 rings (SSSR count). The van der Waals surface area contributed by atoms with Gasteiger partial charge < -0.3 is 9.64 Å². The molecule has 11 heteroatoms. The molecule has 158 valence electrons. The number of nitrogens with one attached hydrogen (secondary N) is 2. The van der Waals surface area contributed by atoms with Crippen LogP contribution in [-0.4, -0.2) is 42.7 Å². The molecular formula is C19H21N5O4S2. The number of aryl methyl sites for hydroxylation is 2. The number of anilines is 2. The molecule has 0 aliphatic carbocycles. The fourth-order valence-electron chi connectivity index (χ4n) is 3.39. The van der Waals surface area contributed by atoms with E-state index in [9.17, 15) is 13.2 Å². The number of thiazole rings is 1. The third-order valence-corrected chi connectivity index (χ3v) is 7.19. The molecule has 0 spiro atoms. The zero-order valence-electron chi connectivity index (χ0n) is 16.7. The summed E-state index contributed by atoms with van der Waals surface area (Å²) in [6.07, 6.45) is 0.824. The first kappa shape index (κ1) is 20.4. The molecule has 3 heterocycles. The molecule has 2 N–H and O–H groups in total. The molecule has 2 aromatic heterocycles. The maximum atomic E-state index is 12.7. The number of sulfonamides is 1. The van der Waals surface area contributed by atoms with Crippen LogP contribution in [0.25, 0.3) is 11.3 Å². The minimum absolute atomic E-state index is 0.0296. The van der Waals surface area contributed by atoms with E-state index >= 15 is 0 Å². The van der Waals surface area contributed by atoms with Crippen LogP contribution in [0.15, 0.2) is 28.5 Å². The van der Waals surface area contributed by atoms with Crippen LogP contribution in [0.5, 0.6) is 5.75 Å². The first-order valence-corrected chi connectivity index (χ1v) is 11.7. The number of carbonyl (C=O) groups excluding carboxylic acids is 1. The predicted molar refractivity (Wildman–Crippen MR) is 115 cm³/mol. The minimum Gasteiger partial charge on any atom is -0.482 e. The third-order valence-electron chi connectivity index (χ3n) is 4.70. The number of amides is 1. The summed E-state index contributed by atoms with van der Waals surface area (Å²) in [5.41, 5.74) is 2.94. The topological polar surface area (TPSA) is 117 Å². The molecule has 0 radical (unpaired) electrons. The molecule has 3 aromatic rings. The van der Waals surface area contributed by atoms with Crippen molar-refractivity contribution in [2.75, 3.05) is 22.8 Å². The number of hydrogen-bond acceptors (Lipinski definition) is 7. The van der Waals surface area contributed by atoms with Crippen LogP contribution in [0.1, 0.15) is 24.7 Å². The lowest BCUT2D eigenvalue weighted by atomic mass is 10.1. The Morgan fingerprint density at radius 1 is 1.33 bits per heavy atom. The van der Waals surface area contributed by atoms with Crippen molar-refractivity contribution < 1.29 is 17.9 Å². The van der Waals surface area contributed by atoms with Crippen molar-refractivity contribution in [2.24, 2.45) is 0 Å². The van der Waals surface area contributed by atoms with Gasteiger partial charge in [-0.1, -0.05) is 6.92 Å². The number of H-pyrrole nitrogens is 1. The molecule has 0 unspecified atom stereocenters. The lowest BCUT2D eigenvalue weighted by Crippen LogP contribution is -2.39. The molecule has 1 amide bonds. The van der Waals surface area contributed by atoms with Crippen LogP contribution in [-0.2, 0) is 14.8 Å². The molecule has 0 saturated heterocycles. The Kier molecular flexibility index (Phi) is 5.24. The van der Waals surface area contributed by atoms with Crippen molar-refractivity contribution in [3.05, 3.63) is 35.0 Å². The molecule has 0 atom stereocenters. The second kappa shape index (κ2) is 7.73. The summed E-state index contributed by atoms with van der Waals surface area (Å²) in [7, 11) is -3.81. The second-order valence-electron chi connectivity index (χ2n) is 6.92. The van der Waals surface area contributed by atoms with E-state index < -0.39 is 10.0 Å². The van der Waals surface area contributed by atoms with Crippen molar-refractivity contribution in [1.82, 2.24) is 15.2 Å². The first-order chi connectivity index (χ1) is 14.3. The van der Waals surface area contributed by atoms with Crippen LogP contribution in [0.4, 0.5) is 10.8 Å². The number of aromatic amines is 1. The lowest BCUT2D eigenvalue weighted by molar-refractivity contribution is -0.121. The van der Waals surface area contributed by atoms with Crippen molar-refractivity contribution in [1.29, 1.82) is 0 Å². The molecular weight excluding hydrogens is 426 g/mol. The van der Waals surface area contributed by atoms with E-state index in [1.54, 1.807) is 30.2 Å². The number of aromatic nitrogens is 3. The maximum Gasteiger partial charge on any atom is 0.267 e. The predicted octanol–water partition coefficient (Wildman–Crippen LogP) is 3.09. The van der Waals surface area contributed by atoms with Gasteiger partial charge in [-0.05, 0) is 38.5 Å².